The number of esters is 4. The monoisotopic (exact) mass is 1250 g/mol. The van der Waals surface area contributed by atoms with E-state index in [0.717, 1.165) is 0 Å². The molecular weight excluding hydrogens is 1180 g/mol. The number of alkyl carbamates (subject to hydrolysis) is 4. The molecule has 0 atom stereocenters. The summed E-state index contributed by atoms with van der Waals surface area (Å²) >= 11 is 0. The van der Waals surface area contributed by atoms with E-state index in [1.165, 1.54) is 36.4 Å². The van der Waals surface area contributed by atoms with Crippen LogP contribution in [-0.2, 0) is 83.5 Å². The number of carbonyl (C=O) groups is 8. The second-order valence-electron chi connectivity index (χ2n) is 24.8. The standard InChI is InChI=1S/C72H78N4O16/c1-69(2,3)89-65(81)73-57(61(77)85-43-47-25-17-13-18-26-47)39-51-33-52(40-58(74-66(82)90-70(4,5)6)62(78)86-44-48-27-19-14-20-28-48)36-55(35-51)56-37-53(41-59(75-67(83)91-71(7,8)9)63(79)87-45-49-29-21-15-22-30-49)34-54(38-56)42-60(76-68(84)92-72(10,11)12)64(80)88-46-50-31-23-16-24-32-50/h13-42H,43-46H2,1-12H3,(H,73,81)(H,74,82)(H,75,83)(H,76,84)/b57-39-,58-40-,59-41-,60-42-. The maximum absolute atomic E-state index is 14.3. The van der Waals surface area contributed by atoms with Crippen LogP contribution in [0.2, 0.25) is 0 Å². The Morgan fingerprint density at radius 2 is 0.478 bits per heavy atom. The number of amides is 4. The van der Waals surface area contributed by atoms with Crippen LogP contribution in [0.3, 0.4) is 0 Å². The van der Waals surface area contributed by atoms with Crippen LogP contribution < -0.4 is 21.3 Å². The molecule has 0 radical (unpaired) electrons. The maximum Gasteiger partial charge on any atom is 0.412 e. The van der Waals surface area contributed by atoms with Crippen molar-refractivity contribution in [3.8, 4) is 11.1 Å². The fourth-order valence-electron chi connectivity index (χ4n) is 8.13. The molecule has 0 saturated heterocycles. The number of carbonyl (C=O) groups excluding carboxylic acids is 8. The summed E-state index contributed by atoms with van der Waals surface area (Å²) in [5, 5.41) is 10.1. The van der Waals surface area contributed by atoms with Gasteiger partial charge in [-0.25, -0.2) is 38.4 Å². The summed E-state index contributed by atoms with van der Waals surface area (Å²) in [6, 6.07) is 44.7. The third kappa shape index (κ3) is 25.8. The number of hydrogen-bond acceptors (Lipinski definition) is 16. The number of hydrogen-bond donors (Lipinski definition) is 4. The quantitative estimate of drug-likeness (QED) is 0.0297. The van der Waals surface area contributed by atoms with E-state index in [1.54, 1.807) is 229 Å². The summed E-state index contributed by atoms with van der Waals surface area (Å²) in [7, 11) is 0. The van der Waals surface area contributed by atoms with Gasteiger partial charge >= 0.3 is 48.3 Å². The van der Waals surface area contributed by atoms with Gasteiger partial charge in [-0.2, -0.15) is 0 Å². The number of ether oxygens (including phenoxy) is 8. The van der Waals surface area contributed by atoms with Gasteiger partial charge in [0.15, 0.2) is 0 Å². The molecule has 482 valence electrons. The van der Waals surface area contributed by atoms with Crippen molar-refractivity contribution in [1.82, 2.24) is 21.3 Å². The van der Waals surface area contributed by atoms with E-state index in [4.69, 9.17) is 37.9 Å². The Hall–Kier alpha value is -10.8. The van der Waals surface area contributed by atoms with E-state index < -0.39 is 93.4 Å². The van der Waals surface area contributed by atoms with Gasteiger partial charge in [0.25, 0.3) is 0 Å². The first-order valence-electron chi connectivity index (χ1n) is 29.3. The van der Waals surface area contributed by atoms with E-state index in [-0.39, 0.29) is 59.8 Å². The molecule has 6 aromatic rings. The molecule has 0 aliphatic carbocycles. The van der Waals surface area contributed by atoms with Gasteiger partial charge < -0.3 is 37.9 Å². The zero-order valence-electron chi connectivity index (χ0n) is 53.7. The van der Waals surface area contributed by atoms with Crippen LogP contribution in [0.15, 0.2) is 181 Å². The fraction of sp³-hybridized carbons (Fsp3) is 0.278. The van der Waals surface area contributed by atoms with E-state index >= 15 is 0 Å². The van der Waals surface area contributed by atoms with Gasteiger partial charge in [0.2, 0.25) is 0 Å². The lowest BCUT2D eigenvalue weighted by Gasteiger charge is -2.21. The summed E-state index contributed by atoms with van der Waals surface area (Å²) in [6.07, 6.45) is 1.18. The van der Waals surface area contributed by atoms with Crippen LogP contribution in [0.25, 0.3) is 35.4 Å². The molecule has 4 N–H and O–H groups in total. The molecule has 92 heavy (non-hydrogen) atoms. The minimum Gasteiger partial charge on any atom is -0.456 e. The second kappa shape index (κ2) is 32.1. The molecule has 0 saturated carbocycles. The molecule has 0 spiro atoms. The van der Waals surface area contributed by atoms with Crippen molar-refractivity contribution in [3.05, 3.63) is 225 Å². The molecule has 0 unspecified atom stereocenters. The molecule has 6 rings (SSSR count). The van der Waals surface area contributed by atoms with E-state index in [2.05, 4.69) is 21.3 Å². The van der Waals surface area contributed by atoms with Crippen LogP contribution in [-0.4, -0.2) is 70.7 Å². The van der Waals surface area contributed by atoms with Crippen molar-refractivity contribution < 1.29 is 76.3 Å². The Morgan fingerprint density at radius 1 is 0.293 bits per heavy atom. The maximum atomic E-state index is 14.3. The van der Waals surface area contributed by atoms with Gasteiger partial charge in [-0.1, -0.05) is 121 Å². The van der Waals surface area contributed by atoms with Gasteiger partial charge in [0, 0.05) is 0 Å². The molecule has 0 aromatic heterocycles. The normalized spacial score (nSPS) is 12.3. The highest BCUT2D eigenvalue weighted by atomic mass is 16.6. The number of nitrogens with one attached hydrogen (secondary N) is 4. The highest BCUT2D eigenvalue weighted by Crippen LogP contribution is 2.30. The molecule has 6 aromatic carbocycles. The van der Waals surface area contributed by atoms with Gasteiger partial charge in [0.05, 0.1) is 0 Å². The van der Waals surface area contributed by atoms with Crippen molar-refractivity contribution in [2.24, 2.45) is 0 Å². The van der Waals surface area contributed by atoms with Gasteiger partial charge in [-0.15, -0.1) is 0 Å². The van der Waals surface area contributed by atoms with Crippen molar-refractivity contribution >= 4 is 72.6 Å². The zero-order chi connectivity index (χ0) is 67.2. The average molecular weight is 1260 g/mol. The van der Waals surface area contributed by atoms with Gasteiger partial charge in [0.1, 0.15) is 71.6 Å². The molecular formula is C72H78N4O16. The zero-order valence-corrected chi connectivity index (χ0v) is 53.7. The molecule has 0 bridgehead atoms. The van der Waals surface area contributed by atoms with Gasteiger partial charge in [-0.3, -0.25) is 21.3 Å². The van der Waals surface area contributed by atoms with Crippen LogP contribution in [0.5, 0.6) is 0 Å². The van der Waals surface area contributed by atoms with Crippen LogP contribution in [0, 0.1) is 0 Å². The van der Waals surface area contributed by atoms with Crippen LogP contribution in [0.1, 0.15) is 128 Å². The van der Waals surface area contributed by atoms with E-state index in [0.29, 0.717) is 22.3 Å². The third-order valence-corrected chi connectivity index (χ3v) is 11.8. The van der Waals surface area contributed by atoms with Crippen molar-refractivity contribution in [1.29, 1.82) is 0 Å². The minimum absolute atomic E-state index is 0.164. The minimum atomic E-state index is -1.01. The Morgan fingerprint density at radius 3 is 0.652 bits per heavy atom. The smallest absolute Gasteiger partial charge is 0.412 e. The summed E-state index contributed by atoms with van der Waals surface area (Å²) in [6.45, 7) is 18.9. The van der Waals surface area contributed by atoms with Crippen LogP contribution >= 0.6 is 0 Å². The van der Waals surface area contributed by atoms with E-state index in [9.17, 15) is 38.4 Å². The predicted octanol–water partition coefficient (Wildman–Crippen LogP) is 13.8. The summed E-state index contributed by atoms with van der Waals surface area (Å²) < 4.78 is 45.3. The fourth-order valence-corrected chi connectivity index (χ4v) is 8.13. The predicted molar refractivity (Wildman–Crippen MR) is 346 cm³/mol. The number of benzene rings is 6. The largest absolute Gasteiger partial charge is 0.456 e. The molecule has 20 nitrogen and oxygen atoms in total. The van der Waals surface area contributed by atoms with Crippen LogP contribution in [0.4, 0.5) is 19.2 Å². The summed E-state index contributed by atoms with van der Waals surface area (Å²) in [4.78, 5) is 111. The Balaban J connectivity index is 1.67. The summed E-state index contributed by atoms with van der Waals surface area (Å²) in [5.41, 5.74) is -1.89. The first-order chi connectivity index (χ1) is 43.3. The third-order valence-electron chi connectivity index (χ3n) is 11.8. The first kappa shape index (κ1) is 70.3. The molecule has 20 heteroatoms. The molecule has 0 aliphatic heterocycles. The Kier molecular flexibility index (Phi) is 24.6. The van der Waals surface area contributed by atoms with Gasteiger partial charge in [-0.05, 0) is 199 Å². The molecule has 0 fully saturated rings. The van der Waals surface area contributed by atoms with Crippen molar-refractivity contribution in [3.63, 3.8) is 0 Å². The molecule has 0 aliphatic rings. The lowest BCUT2D eigenvalue weighted by Crippen LogP contribution is -2.34. The highest BCUT2D eigenvalue weighted by Gasteiger charge is 2.26. The SMILES string of the molecule is CC(C)(C)OC(=O)N/C(=C\c1cc(/C=C(\NC(=O)OC(C)(C)C)C(=O)OCc2ccccc2)cc(-c2cc(/C=C(\NC(=O)OC(C)(C)C)C(=O)OCc3ccccc3)cc(/C=C(\NC(=O)OC(C)(C)C)C(=O)OCc3ccccc3)c2)c1)C(=O)OCc1ccccc1. The Labute approximate surface area is 535 Å². The molecule has 0 heterocycles. The first-order valence-corrected chi connectivity index (χ1v) is 29.3. The van der Waals surface area contributed by atoms with Crippen molar-refractivity contribution in [2.45, 2.75) is 132 Å². The number of rotatable bonds is 21. The average Bonchev–Trinajstić information content (AvgIpc) is 0.833. The topological polar surface area (TPSA) is 259 Å². The highest BCUT2D eigenvalue weighted by molar-refractivity contribution is 6.01. The summed E-state index contributed by atoms with van der Waals surface area (Å²) in [5.74, 6) is -3.92. The Bertz CT molecular complexity index is 3240. The van der Waals surface area contributed by atoms with E-state index in [1.807, 2.05) is 0 Å². The van der Waals surface area contributed by atoms with Crippen molar-refractivity contribution in [2.75, 3.05) is 0 Å². The molecule has 4 amide bonds. The lowest BCUT2D eigenvalue weighted by atomic mass is 9.95. The second-order valence-corrected chi connectivity index (χ2v) is 24.8. The lowest BCUT2D eigenvalue weighted by molar-refractivity contribution is -0.141.